The Morgan fingerprint density at radius 1 is 1.47 bits per heavy atom. The molecule has 1 atom stereocenters. The first-order valence-electron chi connectivity index (χ1n) is 6.59. The summed E-state index contributed by atoms with van der Waals surface area (Å²) in [6, 6.07) is 0.209. The SMILES string of the molecule is CC#CCCC(NN)C1(OC)CCC(C)CC1. The van der Waals surface area contributed by atoms with Gasteiger partial charge in [0.25, 0.3) is 0 Å². The molecule has 0 aromatic heterocycles. The molecule has 0 aliphatic heterocycles. The molecule has 3 heteroatoms. The van der Waals surface area contributed by atoms with Crippen molar-refractivity contribution in [2.45, 2.75) is 64.0 Å². The van der Waals surface area contributed by atoms with Gasteiger partial charge in [-0.1, -0.05) is 6.92 Å². The van der Waals surface area contributed by atoms with Crippen molar-refractivity contribution in [2.75, 3.05) is 7.11 Å². The van der Waals surface area contributed by atoms with Crippen LogP contribution in [0.1, 0.15) is 52.4 Å². The number of ether oxygens (including phenoxy) is 1. The second-order valence-corrected chi connectivity index (χ2v) is 5.14. The summed E-state index contributed by atoms with van der Waals surface area (Å²) in [5.74, 6) is 12.5. The number of hydrogen-bond acceptors (Lipinski definition) is 3. The van der Waals surface area contributed by atoms with Crippen LogP contribution in [0.2, 0.25) is 0 Å². The summed E-state index contributed by atoms with van der Waals surface area (Å²) in [7, 11) is 1.81. The summed E-state index contributed by atoms with van der Waals surface area (Å²) in [4.78, 5) is 0. The summed E-state index contributed by atoms with van der Waals surface area (Å²) in [6.45, 7) is 4.19. The predicted molar refractivity (Wildman–Crippen MR) is 71.2 cm³/mol. The normalized spacial score (nSPS) is 30.5. The van der Waals surface area contributed by atoms with Crippen LogP contribution >= 0.6 is 0 Å². The molecular weight excluding hydrogens is 212 g/mol. The van der Waals surface area contributed by atoms with Gasteiger partial charge in [0, 0.05) is 13.5 Å². The van der Waals surface area contributed by atoms with Crippen LogP contribution in [0.15, 0.2) is 0 Å². The Kier molecular flexibility index (Phi) is 5.97. The van der Waals surface area contributed by atoms with Crippen LogP contribution < -0.4 is 11.3 Å². The zero-order chi connectivity index (χ0) is 12.7. The molecule has 1 unspecified atom stereocenters. The third-order valence-electron chi connectivity index (χ3n) is 4.10. The zero-order valence-electron chi connectivity index (χ0n) is 11.4. The van der Waals surface area contributed by atoms with Crippen LogP contribution in [0.3, 0.4) is 0 Å². The van der Waals surface area contributed by atoms with Gasteiger partial charge in [-0.15, -0.1) is 11.8 Å². The molecular formula is C14H26N2O. The lowest BCUT2D eigenvalue weighted by Crippen LogP contribution is -2.55. The highest BCUT2D eigenvalue weighted by molar-refractivity contribution is 5.00. The maximum Gasteiger partial charge on any atom is 0.0844 e. The van der Waals surface area contributed by atoms with Crippen LogP contribution in [0.25, 0.3) is 0 Å². The fraction of sp³-hybridized carbons (Fsp3) is 0.857. The number of rotatable bonds is 5. The number of hydrogen-bond donors (Lipinski definition) is 2. The third-order valence-corrected chi connectivity index (χ3v) is 4.10. The topological polar surface area (TPSA) is 47.3 Å². The quantitative estimate of drug-likeness (QED) is 0.438. The van der Waals surface area contributed by atoms with Gasteiger partial charge in [0.15, 0.2) is 0 Å². The molecule has 0 aromatic rings. The maximum atomic E-state index is 5.82. The molecule has 0 saturated heterocycles. The average Bonchev–Trinajstić information content (AvgIpc) is 2.37. The van der Waals surface area contributed by atoms with Crippen LogP contribution in [0, 0.1) is 17.8 Å². The minimum absolute atomic E-state index is 0.0866. The van der Waals surface area contributed by atoms with Gasteiger partial charge in [-0.2, -0.15) is 0 Å². The standard InChI is InChI=1S/C14H26N2O/c1-4-5-6-7-13(16-15)14(17-3)10-8-12(2)9-11-14/h12-13,16H,6-11,15H2,1-3H3. The van der Waals surface area contributed by atoms with E-state index in [9.17, 15) is 0 Å². The van der Waals surface area contributed by atoms with E-state index in [1.807, 2.05) is 14.0 Å². The van der Waals surface area contributed by atoms with Gasteiger partial charge in [0.05, 0.1) is 11.6 Å². The van der Waals surface area contributed by atoms with Gasteiger partial charge in [-0.3, -0.25) is 11.3 Å². The molecule has 0 heterocycles. The highest BCUT2D eigenvalue weighted by atomic mass is 16.5. The lowest BCUT2D eigenvalue weighted by atomic mass is 9.74. The van der Waals surface area contributed by atoms with E-state index in [1.54, 1.807) is 0 Å². The van der Waals surface area contributed by atoms with Gasteiger partial charge in [0.2, 0.25) is 0 Å². The highest BCUT2D eigenvalue weighted by Crippen LogP contribution is 2.37. The van der Waals surface area contributed by atoms with Crippen molar-refractivity contribution >= 4 is 0 Å². The van der Waals surface area contributed by atoms with Crippen molar-refractivity contribution in [3.05, 3.63) is 0 Å². The van der Waals surface area contributed by atoms with Crippen LogP contribution in [-0.4, -0.2) is 18.8 Å². The fourth-order valence-electron chi connectivity index (χ4n) is 2.79. The van der Waals surface area contributed by atoms with Gasteiger partial charge in [-0.05, 0) is 44.9 Å². The van der Waals surface area contributed by atoms with E-state index in [0.29, 0.717) is 0 Å². The Bertz CT molecular complexity index is 272. The third kappa shape index (κ3) is 3.70. The first-order chi connectivity index (χ1) is 8.18. The Balaban J connectivity index is 2.63. The largest absolute Gasteiger partial charge is 0.377 e. The van der Waals surface area contributed by atoms with Gasteiger partial charge in [0.1, 0.15) is 0 Å². The number of nitrogens with one attached hydrogen (secondary N) is 1. The first-order valence-corrected chi connectivity index (χ1v) is 6.59. The Morgan fingerprint density at radius 2 is 2.12 bits per heavy atom. The van der Waals surface area contributed by atoms with E-state index in [4.69, 9.17) is 10.6 Å². The molecule has 1 aliphatic rings. The highest BCUT2D eigenvalue weighted by Gasteiger charge is 2.40. The minimum Gasteiger partial charge on any atom is -0.377 e. The molecule has 0 amide bonds. The molecule has 0 spiro atoms. The molecule has 17 heavy (non-hydrogen) atoms. The Hall–Kier alpha value is -0.560. The van der Waals surface area contributed by atoms with E-state index < -0.39 is 0 Å². The summed E-state index contributed by atoms with van der Waals surface area (Å²) >= 11 is 0. The van der Waals surface area contributed by atoms with Crippen molar-refractivity contribution in [3.63, 3.8) is 0 Å². The van der Waals surface area contributed by atoms with Crippen molar-refractivity contribution in [2.24, 2.45) is 11.8 Å². The first kappa shape index (κ1) is 14.5. The van der Waals surface area contributed by atoms with Gasteiger partial charge in [-0.25, -0.2) is 0 Å². The molecule has 1 fully saturated rings. The van der Waals surface area contributed by atoms with E-state index in [0.717, 1.165) is 31.6 Å². The summed E-state index contributed by atoms with van der Waals surface area (Å²) < 4.78 is 5.82. The molecule has 0 radical (unpaired) electrons. The molecule has 3 nitrogen and oxygen atoms in total. The fourth-order valence-corrected chi connectivity index (χ4v) is 2.79. The monoisotopic (exact) mass is 238 g/mol. The lowest BCUT2D eigenvalue weighted by Gasteiger charge is -2.43. The number of hydrazine groups is 1. The smallest absolute Gasteiger partial charge is 0.0844 e. The Morgan fingerprint density at radius 3 is 2.59 bits per heavy atom. The van der Waals surface area contributed by atoms with Crippen LogP contribution in [0.5, 0.6) is 0 Å². The molecule has 0 bridgehead atoms. The lowest BCUT2D eigenvalue weighted by molar-refractivity contribution is -0.0762. The van der Waals surface area contributed by atoms with E-state index in [2.05, 4.69) is 24.2 Å². The van der Waals surface area contributed by atoms with E-state index in [1.165, 1.54) is 12.8 Å². The second-order valence-electron chi connectivity index (χ2n) is 5.14. The van der Waals surface area contributed by atoms with Gasteiger partial charge >= 0.3 is 0 Å². The Labute approximate surface area is 105 Å². The molecule has 1 rings (SSSR count). The molecule has 3 N–H and O–H groups in total. The van der Waals surface area contributed by atoms with Crippen LogP contribution in [0.4, 0.5) is 0 Å². The van der Waals surface area contributed by atoms with Crippen molar-refractivity contribution in [1.82, 2.24) is 5.43 Å². The average molecular weight is 238 g/mol. The predicted octanol–water partition coefficient (Wildman–Crippen LogP) is 2.22. The van der Waals surface area contributed by atoms with Gasteiger partial charge < -0.3 is 4.74 Å². The van der Waals surface area contributed by atoms with Crippen molar-refractivity contribution in [1.29, 1.82) is 0 Å². The minimum atomic E-state index is -0.0866. The molecule has 0 aromatic carbocycles. The summed E-state index contributed by atoms with van der Waals surface area (Å²) in [5.41, 5.74) is 2.86. The summed E-state index contributed by atoms with van der Waals surface area (Å²) in [6.07, 6.45) is 6.49. The van der Waals surface area contributed by atoms with E-state index in [-0.39, 0.29) is 11.6 Å². The van der Waals surface area contributed by atoms with E-state index >= 15 is 0 Å². The second kappa shape index (κ2) is 7.00. The summed E-state index contributed by atoms with van der Waals surface area (Å²) in [5, 5.41) is 0. The number of methoxy groups -OCH3 is 1. The molecule has 1 saturated carbocycles. The van der Waals surface area contributed by atoms with Crippen molar-refractivity contribution in [3.8, 4) is 11.8 Å². The molecule has 98 valence electrons. The van der Waals surface area contributed by atoms with Crippen LogP contribution in [-0.2, 0) is 4.74 Å². The molecule has 1 aliphatic carbocycles. The zero-order valence-corrected chi connectivity index (χ0v) is 11.4. The maximum absolute atomic E-state index is 5.82. The number of nitrogens with two attached hydrogens (primary N) is 1. The van der Waals surface area contributed by atoms with Crippen molar-refractivity contribution < 1.29 is 4.74 Å².